The minimum Gasteiger partial charge on any atom is -0.323 e. The Morgan fingerprint density at radius 2 is 2.36 bits per heavy atom. The molecule has 0 spiro atoms. The van der Waals surface area contributed by atoms with Gasteiger partial charge in [-0.05, 0) is 25.1 Å². The average molecular weight is 253 g/mol. The van der Waals surface area contributed by atoms with Crippen LogP contribution in [-0.2, 0) is 11.3 Å². The van der Waals surface area contributed by atoms with E-state index in [2.05, 4.69) is 20.9 Å². The van der Waals surface area contributed by atoms with Crippen LogP contribution in [-0.4, -0.2) is 15.3 Å². The fourth-order valence-corrected chi connectivity index (χ4v) is 1.75. The normalized spacial score (nSPS) is 10.7. The molecular formula is C10H9BrN2O. The molecule has 0 atom stereocenters. The van der Waals surface area contributed by atoms with Crippen LogP contribution in [0.5, 0.6) is 0 Å². The van der Waals surface area contributed by atoms with Gasteiger partial charge in [0.2, 0.25) is 0 Å². The number of fused-ring (bicyclic) bond motifs is 1. The highest BCUT2D eigenvalue weighted by Gasteiger charge is 2.03. The zero-order chi connectivity index (χ0) is 10.1. The third-order valence-corrected chi connectivity index (χ3v) is 2.47. The molecule has 1 aromatic heterocycles. The quantitative estimate of drug-likeness (QED) is 0.823. The number of hydrogen-bond donors (Lipinski definition) is 0. The van der Waals surface area contributed by atoms with Crippen molar-refractivity contribution in [3.63, 3.8) is 0 Å². The predicted octanol–water partition coefficient (Wildman–Crippen LogP) is 2.39. The number of halogens is 1. The SMILES string of the molecule is CC(=O)Cn1cnc2cc(Br)ccc21. The molecule has 0 fully saturated rings. The van der Waals surface area contributed by atoms with Crippen molar-refractivity contribution in [2.24, 2.45) is 0 Å². The molecule has 14 heavy (non-hydrogen) atoms. The monoisotopic (exact) mass is 252 g/mol. The van der Waals surface area contributed by atoms with Crippen LogP contribution in [0.2, 0.25) is 0 Å². The topological polar surface area (TPSA) is 34.9 Å². The van der Waals surface area contributed by atoms with E-state index in [0.717, 1.165) is 15.5 Å². The van der Waals surface area contributed by atoms with Crippen molar-refractivity contribution in [1.82, 2.24) is 9.55 Å². The summed E-state index contributed by atoms with van der Waals surface area (Å²) in [5, 5.41) is 0. The second kappa shape index (κ2) is 3.53. The summed E-state index contributed by atoms with van der Waals surface area (Å²) < 4.78 is 2.85. The number of imidazole rings is 1. The van der Waals surface area contributed by atoms with Crippen molar-refractivity contribution in [2.75, 3.05) is 0 Å². The van der Waals surface area contributed by atoms with Crippen LogP contribution in [0.25, 0.3) is 11.0 Å². The lowest BCUT2D eigenvalue weighted by molar-refractivity contribution is -0.117. The molecule has 0 aliphatic heterocycles. The Kier molecular flexibility index (Phi) is 2.37. The zero-order valence-corrected chi connectivity index (χ0v) is 9.28. The van der Waals surface area contributed by atoms with Gasteiger partial charge in [0, 0.05) is 4.47 Å². The van der Waals surface area contributed by atoms with Crippen LogP contribution in [0.4, 0.5) is 0 Å². The van der Waals surface area contributed by atoms with E-state index < -0.39 is 0 Å². The van der Waals surface area contributed by atoms with Gasteiger partial charge >= 0.3 is 0 Å². The van der Waals surface area contributed by atoms with E-state index in [4.69, 9.17) is 0 Å². The Balaban J connectivity index is 2.52. The molecule has 0 bridgehead atoms. The third-order valence-electron chi connectivity index (χ3n) is 1.98. The summed E-state index contributed by atoms with van der Waals surface area (Å²) in [5.41, 5.74) is 1.89. The summed E-state index contributed by atoms with van der Waals surface area (Å²) in [7, 11) is 0. The van der Waals surface area contributed by atoms with E-state index in [1.807, 2.05) is 22.8 Å². The number of nitrogens with zero attached hydrogens (tertiary/aromatic N) is 2. The number of aromatic nitrogens is 2. The maximum Gasteiger partial charge on any atom is 0.149 e. The first-order valence-corrected chi connectivity index (χ1v) is 5.06. The van der Waals surface area contributed by atoms with Crippen LogP contribution in [0.3, 0.4) is 0 Å². The molecule has 1 aromatic carbocycles. The van der Waals surface area contributed by atoms with Gasteiger partial charge in [-0.1, -0.05) is 15.9 Å². The van der Waals surface area contributed by atoms with E-state index >= 15 is 0 Å². The highest BCUT2D eigenvalue weighted by molar-refractivity contribution is 9.10. The Hall–Kier alpha value is -1.16. The number of carbonyl (C=O) groups excluding carboxylic acids is 1. The van der Waals surface area contributed by atoms with Gasteiger partial charge in [0.25, 0.3) is 0 Å². The maximum atomic E-state index is 11.0. The van der Waals surface area contributed by atoms with Gasteiger partial charge in [-0.15, -0.1) is 0 Å². The van der Waals surface area contributed by atoms with Crippen molar-refractivity contribution in [3.05, 3.63) is 29.0 Å². The lowest BCUT2D eigenvalue weighted by Crippen LogP contribution is -2.04. The first-order chi connectivity index (χ1) is 6.66. The fourth-order valence-electron chi connectivity index (χ4n) is 1.40. The number of carbonyl (C=O) groups is 1. The lowest BCUT2D eigenvalue weighted by atomic mass is 10.3. The number of rotatable bonds is 2. The number of benzene rings is 1. The van der Waals surface area contributed by atoms with Gasteiger partial charge < -0.3 is 4.57 Å². The summed E-state index contributed by atoms with van der Waals surface area (Å²) in [5.74, 6) is 0.132. The molecule has 0 radical (unpaired) electrons. The van der Waals surface area contributed by atoms with Crippen LogP contribution >= 0.6 is 15.9 Å². The van der Waals surface area contributed by atoms with Gasteiger partial charge in [0.15, 0.2) is 0 Å². The minimum atomic E-state index is 0.132. The molecule has 0 unspecified atom stereocenters. The first-order valence-electron chi connectivity index (χ1n) is 4.26. The van der Waals surface area contributed by atoms with Crippen molar-refractivity contribution < 1.29 is 4.79 Å². The molecule has 2 aromatic rings. The van der Waals surface area contributed by atoms with Crippen LogP contribution in [0, 0.1) is 0 Å². The van der Waals surface area contributed by atoms with E-state index in [1.54, 1.807) is 13.3 Å². The van der Waals surface area contributed by atoms with E-state index in [1.165, 1.54) is 0 Å². The smallest absolute Gasteiger partial charge is 0.149 e. The molecular weight excluding hydrogens is 244 g/mol. The highest BCUT2D eigenvalue weighted by atomic mass is 79.9. The van der Waals surface area contributed by atoms with Crippen LogP contribution in [0.1, 0.15) is 6.92 Å². The summed E-state index contributed by atoms with van der Waals surface area (Å²) in [4.78, 5) is 15.2. The molecule has 0 N–H and O–H groups in total. The second-order valence-corrected chi connectivity index (χ2v) is 4.12. The minimum absolute atomic E-state index is 0.132. The van der Waals surface area contributed by atoms with Crippen molar-refractivity contribution in [2.45, 2.75) is 13.5 Å². The third kappa shape index (κ3) is 1.70. The molecule has 0 aliphatic rings. The second-order valence-electron chi connectivity index (χ2n) is 3.21. The van der Waals surface area contributed by atoms with Gasteiger partial charge in [-0.3, -0.25) is 4.79 Å². The Bertz CT molecular complexity index is 490. The molecule has 0 aliphatic carbocycles. The lowest BCUT2D eigenvalue weighted by Gasteiger charge is -1.99. The summed E-state index contributed by atoms with van der Waals surface area (Å²) in [6, 6.07) is 5.84. The van der Waals surface area contributed by atoms with Crippen molar-refractivity contribution in [3.8, 4) is 0 Å². The van der Waals surface area contributed by atoms with E-state index in [-0.39, 0.29) is 5.78 Å². The standard InChI is InChI=1S/C10H9BrN2O/c1-7(14)5-13-6-12-9-4-8(11)2-3-10(9)13/h2-4,6H,5H2,1H3. The molecule has 1 heterocycles. The number of hydrogen-bond acceptors (Lipinski definition) is 2. The van der Waals surface area contributed by atoms with Gasteiger partial charge in [0.05, 0.1) is 23.9 Å². The molecule has 0 saturated carbocycles. The summed E-state index contributed by atoms with van der Waals surface area (Å²) in [6.45, 7) is 1.96. The van der Waals surface area contributed by atoms with Crippen LogP contribution < -0.4 is 0 Å². The molecule has 4 heteroatoms. The maximum absolute atomic E-state index is 11.0. The molecule has 0 amide bonds. The summed E-state index contributed by atoms with van der Waals surface area (Å²) in [6.07, 6.45) is 1.69. The highest BCUT2D eigenvalue weighted by Crippen LogP contribution is 2.18. The molecule has 0 saturated heterocycles. The number of ketones is 1. The summed E-state index contributed by atoms with van der Waals surface area (Å²) >= 11 is 3.38. The molecule has 3 nitrogen and oxygen atoms in total. The van der Waals surface area contributed by atoms with Crippen molar-refractivity contribution >= 4 is 32.7 Å². The Morgan fingerprint density at radius 3 is 3.07 bits per heavy atom. The molecule has 2 rings (SSSR count). The van der Waals surface area contributed by atoms with E-state index in [9.17, 15) is 4.79 Å². The first kappa shape index (κ1) is 9.40. The van der Waals surface area contributed by atoms with E-state index in [0.29, 0.717) is 6.54 Å². The fraction of sp³-hybridized carbons (Fsp3) is 0.200. The van der Waals surface area contributed by atoms with Gasteiger partial charge in [0.1, 0.15) is 5.78 Å². The average Bonchev–Trinajstić information content (AvgIpc) is 2.47. The number of Topliss-reactive ketones (excluding diaryl/α,β-unsaturated/α-hetero) is 1. The van der Waals surface area contributed by atoms with Crippen LogP contribution in [0.15, 0.2) is 29.0 Å². The largest absolute Gasteiger partial charge is 0.323 e. The molecule has 72 valence electrons. The predicted molar refractivity (Wildman–Crippen MR) is 58.1 cm³/mol. The Labute approximate surface area is 89.9 Å². The van der Waals surface area contributed by atoms with Gasteiger partial charge in [-0.2, -0.15) is 0 Å². The zero-order valence-electron chi connectivity index (χ0n) is 7.70. The Morgan fingerprint density at radius 1 is 1.57 bits per heavy atom. The van der Waals surface area contributed by atoms with Crippen molar-refractivity contribution in [1.29, 1.82) is 0 Å². The van der Waals surface area contributed by atoms with Gasteiger partial charge in [-0.25, -0.2) is 4.98 Å².